The first-order valence-corrected chi connectivity index (χ1v) is 5.14. The molecule has 0 unspecified atom stereocenters. The third-order valence-corrected chi connectivity index (χ3v) is 1.97. The van der Waals surface area contributed by atoms with Crippen molar-refractivity contribution < 1.29 is 0 Å². The van der Waals surface area contributed by atoms with E-state index in [-0.39, 0.29) is 5.56 Å². The average molecular weight is 210 g/mol. The predicted octanol–water partition coefficient (Wildman–Crippen LogP) is 0.191. The van der Waals surface area contributed by atoms with Crippen LogP contribution in [0.5, 0.6) is 0 Å². The van der Waals surface area contributed by atoms with Gasteiger partial charge in [0.2, 0.25) is 0 Å². The molecule has 0 aliphatic heterocycles. The van der Waals surface area contributed by atoms with E-state index in [1.54, 1.807) is 6.20 Å². The molecule has 0 saturated carbocycles. The molecule has 0 spiro atoms. The summed E-state index contributed by atoms with van der Waals surface area (Å²) in [5.41, 5.74) is 5.35. The molecule has 0 bridgehead atoms. The molecular formula is C10H18N4O. The van der Waals surface area contributed by atoms with E-state index in [9.17, 15) is 4.79 Å². The molecule has 0 aliphatic rings. The van der Waals surface area contributed by atoms with Gasteiger partial charge in [0.1, 0.15) is 0 Å². The number of H-pyrrole nitrogens is 1. The van der Waals surface area contributed by atoms with Crippen LogP contribution >= 0.6 is 0 Å². The van der Waals surface area contributed by atoms with Crippen molar-refractivity contribution in [2.75, 3.05) is 24.5 Å². The quantitative estimate of drug-likeness (QED) is 0.727. The van der Waals surface area contributed by atoms with Gasteiger partial charge in [0.05, 0.1) is 0 Å². The van der Waals surface area contributed by atoms with Crippen molar-refractivity contribution in [3.63, 3.8) is 0 Å². The van der Waals surface area contributed by atoms with E-state index >= 15 is 0 Å². The fraction of sp³-hybridized carbons (Fsp3) is 0.600. The first-order chi connectivity index (χ1) is 7.15. The lowest BCUT2D eigenvalue weighted by atomic mass is 10.2. The molecule has 1 aromatic heterocycles. The maximum atomic E-state index is 11.5. The minimum atomic E-state index is -0.161. The third kappa shape index (κ3) is 3.36. The molecule has 0 aliphatic carbocycles. The molecule has 1 aromatic rings. The van der Waals surface area contributed by atoms with Crippen molar-refractivity contribution in [3.05, 3.63) is 22.7 Å². The van der Waals surface area contributed by atoms with Gasteiger partial charge in [-0.1, -0.05) is 13.8 Å². The second-order valence-corrected chi connectivity index (χ2v) is 3.87. The van der Waals surface area contributed by atoms with Crippen molar-refractivity contribution in [1.82, 2.24) is 9.97 Å². The first kappa shape index (κ1) is 11.7. The summed E-state index contributed by atoms with van der Waals surface area (Å²) in [4.78, 5) is 20.1. The van der Waals surface area contributed by atoms with E-state index in [4.69, 9.17) is 5.73 Å². The van der Waals surface area contributed by atoms with Crippen LogP contribution in [0.25, 0.3) is 0 Å². The zero-order valence-corrected chi connectivity index (χ0v) is 9.23. The Labute approximate surface area is 89.3 Å². The van der Waals surface area contributed by atoms with Gasteiger partial charge in [0.25, 0.3) is 5.56 Å². The lowest BCUT2D eigenvalue weighted by Crippen LogP contribution is -2.37. The standard InChI is InChI=1S/C10H18N4O/c1-8(2)7-14(6-3-11)9-10(15)13-5-4-12-9/h4-5,8H,3,6-7,11H2,1-2H3,(H,13,15). The van der Waals surface area contributed by atoms with Crippen LogP contribution in [0.2, 0.25) is 0 Å². The smallest absolute Gasteiger partial charge is 0.290 e. The van der Waals surface area contributed by atoms with Crippen LogP contribution in [0.1, 0.15) is 13.8 Å². The number of anilines is 1. The molecule has 3 N–H and O–H groups in total. The highest BCUT2D eigenvalue weighted by Crippen LogP contribution is 2.05. The van der Waals surface area contributed by atoms with Gasteiger partial charge in [0, 0.05) is 32.0 Å². The van der Waals surface area contributed by atoms with Crippen molar-refractivity contribution in [2.24, 2.45) is 11.7 Å². The van der Waals surface area contributed by atoms with Gasteiger partial charge >= 0.3 is 0 Å². The minimum absolute atomic E-state index is 0.161. The molecule has 0 amide bonds. The monoisotopic (exact) mass is 210 g/mol. The first-order valence-electron chi connectivity index (χ1n) is 5.14. The van der Waals surface area contributed by atoms with E-state index in [0.717, 1.165) is 6.54 Å². The Kier molecular flexibility index (Phi) is 4.30. The Bertz CT molecular complexity index is 347. The summed E-state index contributed by atoms with van der Waals surface area (Å²) in [6, 6.07) is 0. The molecule has 1 rings (SSSR count). The number of aromatic amines is 1. The van der Waals surface area contributed by atoms with Crippen molar-refractivity contribution in [3.8, 4) is 0 Å². The van der Waals surface area contributed by atoms with E-state index in [1.807, 2.05) is 4.90 Å². The average Bonchev–Trinajstić information content (AvgIpc) is 2.17. The SMILES string of the molecule is CC(C)CN(CCN)c1ncc[nH]c1=O. The minimum Gasteiger partial charge on any atom is -0.351 e. The summed E-state index contributed by atoms with van der Waals surface area (Å²) in [5.74, 6) is 0.926. The van der Waals surface area contributed by atoms with Crippen LogP contribution in [0, 0.1) is 5.92 Å². The molecule has 15 heavy (non-hydrogen) atoms. The van der Waals surface area contributed by atoms with Gasteiger partial charge in [-0.05, 0) is 5.92 Å². The van der Waals surface area contributed by atoms with Gasteiger partial charge < -0.3 is 15.6 Å². The van der Waals surface area contributed by atoms with Crippen LogP contribution in [0.15, 0.2) is 17.2 Å². The molecule has 5 nitrogen and oxygen atoms in total. The summed E-state index contributed by atoms with van der Waals surface area (Å²) < 4.78 is 0. The zero-order chi connectivity index (χ0) is 11.3. The molecular weight excluding hydrogens is 192 g/mol. The number of hydrogen-bond donors (Lipinski definition) is 2. The lowest BCUT2D eigenvalue weighted by Gasteiger charge is -2.23. The van der Waals surface area contributed by atoms with Gasteiger partial charge in [-0.25, -0.2) is 4.98 Å². The molecule has 5 heteroatoms. The summed E-state index contributed by atoms with van der Waals surface area (Å²) >= 11 is 0. The molecule has 84 valence electrons. The van der Waals surface area contributed by atoms with Gasteiger partial charge in [-0.15, -0.1) is 0 Å². The fourth-order valence-electron chi connectivity index (χ4n) is 1.45. The summed E-state index contributed by atoms with van der Waals surface area (Å²) in [7, 11) is 0. The van der Waals surface area contributed by atoms with Gasteiger partial charge in [0.15, 0.2) is 5.82 Å². The molecule has 1 heterocycles. The largest absolute Gasteiger partial charge is 0.351 e. The van der Waals surface area contributed by atoms with Gasteiger partial charge in [-0.2, -0.15) is 0 Å². The maximum Gasteiger partial charge on any atom is 0.290 e. The Hall–Kier alpha value is -1.36. The summed E-state index contributed by atoms with van der Waals surface area (Å²) in [6.07, 6.45) is 3.11. The predicted molar refractivity (Wildman–Crippen MR) is 61.0 cm³/mol. The van der Waals surface area contributed by atoms with E-state index < -0.39 is 0 Å². The molecule has 0 aromatic carbocycles. The van der Waals surface area contributed by atoms with Crippen molar-refractivity contribution in [1.29, 1.82) is 0 Å². The number of rotatable bonds is 5. The summed E-state index contributed by atoms with van der Waals surface area (Å²) in [6.45, 7) is 6.15. The van der Waals surface area contributed by atoms with E-state index in [0.29, 0.717) is 24.8 Å². The van der Waals surface area contributed by atoms with Crippen LogP contribution in [0.4, 0.5) is 5.82 Å². The number of nitrogens with two attached hydrogens (primary N) is 1. The van der Waals surface area contributed by atoms with E-state index in [2.05, 4.69) is 23.8 Å². The lowest BCUT2D eigenvalue weighted by molar-refractivity contribution is 0.605. The fourth-order valence-corrected chi connectivity index (χ4v) is 1.45. The number of hydrogen-bond acceptors (Lipinski definition) is 4. The summed E-state index contributed by atoms with van der Waals surface area (Å²) in [5, 5.41) is 0. The molecule has 0 radical (unpaired) electrons. The van der Waals surface area contributed by atoms with Crippen LogP contribution in [-0.2, 0) is 0 Å². The molecule has 0 atom stereocenters. The highest BCUT2D eigenvalue weighted by molar-refractivity contribution is 5.35. The van der Waals surface area contributed by atoms with Crippen molar-refractivity contribution >= 4 is 5.82 Å². The second-order valence-electron chi connectivity index (χ2n) is 3.87. The Morgan fingerprint density at radius 2 is 2.33 bits per heavy atom. The third-order valence-electron chi connectivity index (χ3n) is 1.97. The maximum absolute atomic E-state index is 11.5. The normalized spacial score (nSPS) is 10.7. The van der Waals surface area contributed by atoms with Gasteiger partial charge in [-0.3, -0.25) is 4.79 Å². The molecule has 0 fully saturated rings. The van der Waals surface area contributed by atoms with Crippen LogP contribution < -0.4 is 16.2 Å². The Morgan fingerprint density at radius 3 is 2.87 bits per heavy atom. The Morgan fingerprint density at radius 1 is 1.60 bits per heavy atom. The topological polar surface area (TPSA) is 75.0 Å². The highest BCUT2D eigenvalue weighted by Gasteiger charge is 2.11. The number of nitrogens with one attached hydrogen (secondary N) is 1. The van der Waals surface area contributed by atoms with Crippen LogP contribution in [0.3, 0.4) is 0 Å². The number of aromatic nitrogens is 2. The highest BCUT2D eigenvalue weighted by atomic mass is 16.1. The number of nitrogens with zero attached hydrogens (tertiary/aromatic N) is 2. The van der Waals surface area contributed by atoms with Crippen molar-refractivity contribution in [2.45, 2.75) is 13.8 Å². The Balaban J connectivity index is 2.88. The zero-order valence-electron chi connectivity index (χ0n) is 9.23. The van der Waals surface area contributed by atoms with E-state index in [1.165, 1.54) is 6.20 Å². The molecule has 0 saturated heterocycles. The van der Waals surface area contributed by atoms with Crippen LogP contribution in [-0.4, -0.2) is 29.6 Å². The second kappa shape index (κ2) is 5.50.